The third-order valence-electron chi connectivity index (χ3n) is 4.64. The minimum absolute atomic E-state index is 0.142. The molecule has 1 atom stereocenters. The zero-order valence-corrected chi connectivity index (χ0v) is 14.0. The topological polar surface area (TPSA) is 95.9 Å². The lowest BCUT2D eigenvalue weighted by Gasteiger charge is -2.47. The number of pyridine rings is 1. The average Bonchev–Trinajstić information content (AvgIpc) is 3.09. The van der Waals surface area contributed by atoms with Crippen molar-refractivity contribution in [3.63, 3.8) is 0 Å². The first kappa shape index (κ1) is 16.1. The lowest BCUT2D eigenvalue weighted by molar-refractivity contribution is -0.146. The van der Waals surface area contributed by atoms with Crippen LogP contribution in [0.2, 0.25) is 0 Å². The van der Waals surface area contributed by atoms with Crippen LogP contribution in [0.4, 0.5) is 0 Å². The van der Waals surface area contributed by atoms with Gasteiger partial charge in [0.2, 0.25) is 17.7 Å². The molecule has 7 nitrogen and oxygen atoms in total. The van der Waals surface area contributed by atoms with Crippen molar-refractivity contribution < 1.29 is 9.21 Å². The van der Waals surface area contributed by atoms with Gasteiger partial charge in [-0.15, -0.1) is 10.2 Å². The van der Waals surface area contributed by atoms with Crippen molar-refractivity contribution in [2.24, 2.45) is 5.41 Å². The Morgan fingerprint density at radius 1 is 1.50 bits per heavy atom. The van der Waals surface area contributed by atoms with Gasteiger partial charge in [0, 0.05) is 25.5 Å². The third kappa shape index (κ3) is 2.54. The van der Waals surface area contributed by atoms with Crippen LogP contribution in [-0.2, 0) is 10.2 Å². The molecule has 1 saturated heterocycles. The smallest absolute Gasteiger partial charge is 0.249 e. The summed E-state index contributed by atoms with van der Waals surface area (Å²) >= 11 is 0. The number of likely N-dealkylation sites (tertiary alicyclic amines) is 1. The standard InChI is InChI=1S/C17H19N5O2/c1-4-16(2,9-18)15(23)22-10-17(3,11-22)14-21-20-13(24-14)12-6-5-7-19-8-12/h5-8H,4,10-11H2,1-3H3. The lowest BCUT2D eigenvalue weighted by Crippen LogP contribution is -2.62. The highest BCUT2D eigenvalue weighted by atomic mass is 16.4. The lowest BCUT2D eigenvalue weighted by atomic mass is 9.78. The molecule has 3 rings (SSSR count). The van der Waals surface area contributed by atoms with E-state index >= 15 is 0 Å². The molecular weight excluding hydrogens is 306 g/mol. The number of carbonyl (C=O) groups is 1. The number of amides is 1. The van der Waals surface area contributed by atoms with Gasteiger partial charge >= 0.3 is 0 Å². The third-order valence-corrected chi connectivity index (χ3v) is 4.64. The van der Waals surface area contributed by atoms with E-state index in [1.54, 1.807) is 30.3 Å². The molecule has 0 bridgehead atoms. The molecular formula is C17H19N5O2. The number of hydrogen-bond acceptors (Lipinski definition) is 6. The fourth-order valence-electron chi connectivity index (χ4n) is 2.78. The average molecular weight is 325 g/mol. The first-order chi connectivity index (χ1) is 11.4. The summed E-state index contributed by atoms with van der Waals surface area (Å²) in [6.45, 7) is 6.44. The van der Waals surface area contributed by atoms with Crippen LogP contribution in [0, 0.1) is 16.7 Å². The summed E-state index contributed by atoms with van der Waals surface area (Å²) in [5.74, 6) is 0.775. The van der Waals surface area contributed by atoms with Gasteiger partial charge in [-0.2, -0.15) is 5.26 Å². The largest absolute Gasteiger partial charge is 0.420 e. The molecule has 7 heteroatoms. The maximum absolute atomic E-state index is 12.5. The van der Waals surface area contributed by atoms with E-state index < -0.39 is 5.41 Å². The summed E-state index contributed by atoms with van der Waals surface area (Å²) in [5, 5.41) is 17.5. The number of nitrogens with zero attached hydrogens (tertiary/aromatic N) is 5. The van der Waals surface area contributed by atoms with Crippen molar-refractivity contribution >= 4 is 5.91 Å². The highest BCUT2D eigenvalue weighted by molar-refractivity contribution is 5.86. The molecule has 3 heterocycles. The number of rotatable bonds is 4. The molecule has 0 spiro atoms. The zero-order chi connectivity index (χ0) is 17.4. The number of nitriles is 1. The van der Waals surface area contributed by atoms with Gasteiger partial charge in [-0.1, -0.05) is 6.92 Å². The second-order valence-corrected chi connectivity index (χ2v) is 6.67. The van der Waals surface area contributed by atoms with Crippen LogP contribution in [0.3, 0.4) is 0 Å². The molecule has 0 aromatic carbocycles. The molecule has 1 amide bonds. The normalized spacial score (nSPS) is 18.3. The Kier molecular flexibility index (Phi) is 3.84. The van der Waals surface area contributed by atoms with E-state index in [4.69, 9.17) is 4.42 Å². The first-order valence-electron chi connectivity index (χ1n) is 7.87. The summed E-state index contributed by atoms with van der Waals surface area (Å²) in [6, 6.07) is 5.77. The van der Waals surface area contributed by atoms with E-state index in [0.29, 0.717) is 31.3 Å². The van der Waals surface area contributed by atoms with Crippen LogP contribution in [-0.4, -0.2) is 39.1 Å². The van der Waals surface area contributed by atoms with Crippen LogP contribution in [0.25, 0.3) is 11.5 Å². The molecule has 1 unspecified atom stereocenters. The summed E-state index contributed by atoms with van der Waals surface area (Å²) in [5.41, 5.74) is -0.597. The molecule has 124 valence electrons. The monoisotopic (exact) mass is 325 g/mol. The minimum Gasteiger partial charge on any atom is -0.420 e. The van der Waals surface area contributed by atoms with E-state index in [9.17, 15) is 10.1 Å². The van der Waals surface area contributed by atoms with Crippen LogP contribution in [0.1, 0.15) is 33.1 Å². The first-order valence-corrected chi connectivity index (χ1v) is 7.87. The summed E-state index contributed by atoms with van der Waals surface area (Å²) in [6.07, 6.45) is 3.83. The fourth-order valence-corrected chi connectivity index (χ4v) is 2.78. The predicted octanol–water partition coefficient (Wildman–Crippen LogP) is 2.17. The van der Waals surface area contributed by atoms with E-state index in [-0.39, 0.29) is 11.3 Å². The van der Waals surface area contributed by atoms with Gasteiger partial charge in [0.15, 0.2) is 0 Å². The van der Waals surface area contributed by atoms with E-state index in [0.717, 1.165) is 5.56 Å². The van der Waals surface area contributed by atoms with Crippen LogP contribution < -0.4 is 0 Å². The second kappa shape index (κ2) is 5.71. The van der Waals surface area contributed by atoms with Gasteiger partial charge in [0.05, 0.1) is 17.0 Å². The van der Waals surface area contributed by atoms with Crippen LogP contribution in [0.15, 0.2) is 28.9 Å². The Hall–Kier alpha value is -2.75. The molecule has 2 aromatic rings. The molecule has 0 N–H and O–H groups in total. The Balaban J connectivity index is 1.73. The van der Waals surface area contributed by atoms with Gasteiger partial charge in [0.25, 0.3) is 0 Å². The molecule has 1 fully saturated rings. The van der Waals surface area contributed by atoms with Crippen molar-refractivity contribution in [1.29, 1.82) is 5.26 Å². The quantitative estimate of drug-likeness (QED) is 0.855. The van der Waals surface area contributed by atoms with Crippen LogP contribution >= 0.6 is 0 Å². The molecule has 1 aliphatic rings. The number of hydrogen-bond donors (Lipinski definition) is 0. The summed E-state index contributed by atoms with van der Waals surface area (Å²) in [7, 11) is 0. The molecule has 0 saturated carbocycles. The Morgan fingerprint density at radius 2 is 2.25 bits per heavy atom. The van der Waals surface area contributed by atoms with Gasteiger partial charge in [0.1, 0.15) is 5.41 Å². The predicted molar refractivity (Wildman–Crippen MR) is 85.5 cm³/mol. The SMILES string of the molecule is CCC(C)(C#N)C(=O)N1CC(C)(c2nnc(-c3cccnc3)o2)C1. The highest BCUT2D eigenvalue weighted by Crippen LogP contribution is 2.37. The van der Waals surface area contributed by atoms with Gasteiger partial charge in [-0.05, 0) is 32.4 Å². The number of carbonyl (C=O) groups excluding carboxylic acids is 1. The maximum atomic E-state index is 12.5. The molecule has 0 radical (unpaired) electrons. The molecule has 1 aliphatic heterocycles. The van der Waals surface area contributed by atoms with Crippen molar-refractivity contribution in [2.45, 2.75) is 32.6 Å². The van der Waals surface area contributed by atoms with Crippen molar-refractivity contribution in [1.82, 2.24) is 20.1 Å². The molecule has 24 heavy (non-hydrogen) atoms. The van der Waals surface area contributed by atoms with E-state index in [1.807, 2.05) is 19.9 Å². The maximum Gasteiger partial charge on any atom is 0.249 e. The highest BCUT2D eigenvalue weighted by Gasteiger charge is 2.50. The minimum atomic E-state index is -0.975. The zero-order valence-electron chi connectivity index (χ0n) is 14.0. The summed E-state index contributed by atoms with van der Waals surface area (Å²) < 4.78 is 5.78. The number of aromatic nitrogens is 3. The van der Waals surface area contributed by atoms with Crippen molar-refractivity contribution in [2.75, 3.05) is 13.1 Å². The second-order valence-electron chi connectivity index (χ2n) is 6.67. The van der Waals surface area contributed by atoms with Gasteiger partial charge in [-0.25, -0.2) is 0 Å². The summed E-state index contributed by atoms with van der Waals surface area (Å²) in [4.78, 5) is 18.2. The van der Waals surface area contributed by atoms with E-state index in [1.165, 1.54) is 0 Å². The Bertz CT molecular complexity index is 789. The Labute approximate surface area is 140 Å². The van der Waals surface area contributed by atoms with Gasteiger partial charge < -0.3 is 9.32 Å². The molecule has 2 aromatic heterocycles. The van der Waals surface area contributed by atoms with Crippen LogP contribution in [0.5, 0.6) is 0 Å². The van der Waals surface area contributed by atoms with Crippen molar-refractivity contribution in [3.8, 4) is 17.5 Å². The van der Waals surface area contributed by atoms with Crippen molar-refractivity contribution in [3.05, 3.63) is 30.4 Å². The Morgan fingerprint density at radius 3 is 2.83 bits per heavy atom. The molecule has 0 aliphatic carbocycles. The van der Waals surface area contributed by atoms with E-state index in [2.05, 4.69) is 21.3 Å². The fraction of sp³-hybridized carbons (Fsp3) is 0.471. The van der Waals surface area contributed by atoms with Gasteiger partial charge in [-0.3, -0.25) is 9.78 Å².